The SMILES string of the molecule is CCOC(=O)[C@H](C)NCc1cccc([N+](=O)[O-])c1C. The quantitative estimate of drug-likeness (QED) is 0.483. The molecule has 0 heterocycles. The highest BCUT2D eigenvalue weighted by atomic mass is 16.6. The standard InChI is InChI=1S/C13H18N2O4/c1-4-19-13(16)10(3)14-8-11-6-5-7-12(9(11)2)15(17)18/h5-7,10,14H,4,8H2,1-3H3/t10-/m0/s1. The largest absolute Gasteiger partial charge is 0.465 e. The molecule has 1 aromatic carbocycles. The van der Waals surface area contributed by atoms with Crippen molar-refractivity contribution in [1.29, 1.82) is 0 Å². The van der Waals surface area contributed by atoms with E-state index in [1.54, 1.807) is 32.9 Å². The minimum atomic E-state index is -0.446. The molecule has 104 valence electrons. The second-order valence-corrected chi connectivity index (χ2v) is 4.17. The van der Waals surface area contributed by atoms with Crippen LogP contribution in [-0.4, -0.2) is 23.5 Å². The third kappa shape index (κ3) is 4.03. The Morgan fingerprint density at radius 3 is 2.79 bits per heavy atom. The summed E-state index contributed by atoms with van der Waals surface area (Å²) in [6.45, 7) is 5.86. The van der Waals surface area contributed by atoms with E-state index in [0.717, 1.165) is 5.56 Å². The first-order valence-corrected chi connectivity index (χ1v) is 6.10. The van der Waals surface area contributed by atoms with E-state index in [0.29, 0.717) is 18.7 Å². The molecule has 0 aliphatic carbocycles. The van der Waals surface area contributed by atoms with Gasteiger partial charge < -0.3 is 10.1 Å². The molecule has 19 heavy (non-hydrogen) atoms. The van der Waals surface area contributed by atoms with Gasteiger partial charge in [-0.1, -0.05) is 12.1 Å². The van der Waals surface area contributed by atoms with E-state index in [2.05, 4.69) is 5.32 Å². The second kappa shape index (κ2) is 6.84. The summed E-state index contributed by atoms with van der Waals surface area (Å²) in [5.41, 5.74) is 1.49. The van der Waals surface area contributed by atoms with Crippen molar-refractivity contribution in [3.63, 3.8) is 0 Å². The number of esters is 1. The monoisotopic (exact) mass is 266 g/mol. The topological polar surface area (TPSA) is 81.5 Å². The number of rotatable bonds is 6. The maximum absolute atomic E-state index is 11.4. The number of hydrogen-bond acceptors (Lipinski definition) is 5. The van der Waals surface area contributed by atoms with E-state index in [-0.39, 0.29) is 11.7 Å². The van der Waals surface area contributed by atoms with Crippen LogP contribution in [0.2, 0.25) is 0 Å². The average Bonchev–Trinajstić information content (AvgIpc) is 2.37. The molecule has 1 atom stereocenters. The highest BCUT2D eigenvalue weighted by Crippen LogP contribution is 2.20. The maximum Gasteiger partial charge on any atom is 0.322 e. The third-order valence-electron chi connectivity index (χ3n) is 2.85. The van der Waals surface area contributed by atoms with Gasteiger partial charge in [0, 0.05) is 18.2 Å². The Bertz CT molecular complexity index is 474. The number of hydrogen-bond donors (Lipinski definition) is 1. The molecular weight excluding hydrogens is 248 g/mol. The van der Waals surface area contributed by atoms with Crippen molar-refractivity contribution in [2.75, 3.05) is 6.61 Å². The predicted octanol–water partition coefficient (Wildman–Crippen LogP) is 1.94. The van der Waals surface area contributed by atoms with Gasteiger partial charge in [-0.25, -0.2) is 0 Å². The van der Waals surface area contributed by atoms with Crippen molar-refractivity contribution >= 4 is 11.7 Å². The normalized spacial score (nSPS) is 11.9. The third-order valence-corrected chi connectivity index (χ3v) is 2.85. The number of carbonyl (C=O) groups is 1. The lowest BCUT2D eigenvalue weighted by Crippen LogP contribution is -2.35. The first-order chi connectivity index (χ1) is 8.97. The van der Waals surface area contributed by atoms with Gasteiger partial charge >= 0.3 is 5.97 Å². The highest BCUT2D eigenvalue weighted by Gasteiger charge is 2.16. The van der Waals surface area contributed by atoms with Gasteiger partial charge in [0.05, 0.1) is 11.5 Å². The number of nitrogens with one attached hydrogen (secondary N) is 1. The van der Waals surface area contributed by atoms with Gasteiger partial charge in [-0.2, -0.15) is 0 Å². The van der Waals surface area contributed by atoms with Gasteiger partial charge in [0.15, 0.2) is 0 Å². The molecule has 0 amide bonds. The van der Waals surface area contributed by atoms with Gasteiger partial charge in [-0.05, 0) is 26.3 Å². The van der Waals surface area contributed by atoms with Crippen molar-refractivity contribution in [3.8, 4) is 0 Å². The summed E-state index contributed by atoms with van der Waals surface area (Å²) in [5, 5.41) is 13.8. The van der Waals surface area contributed by atoms with Crippen LogP contribution in [0.15, 0.2) is 18.2 Å². The summed E-state index contributed by atoms with van der Waals surface area (Å²) in [6.07, 6.45) is 0. The Morgan fingerprint density at radius 1 is 1.53 bits per heavy atom. The van der Waals surface area contributed by atoms with E-state index in [1.807, 2.05) is 0 Å². The zero-order chi connectivity index (χ0) is 14.4. The van der Waals surface area contributed by atoms with Crippen molar-refractivity contribution in [2.24, 2.45) is 0 Å². The number of ether oxygens (including phenoxy) is 1. The van der Waals surface area contributed by atoms with Crippen LogP contribution in [0.1, 0.15) is 25.0 Å². The Labute approximate surface area is 111 Å². The van der Waals surface area contributed by atoms with Crippen LogP contribution in [-0.2, 0) is 16.1 Å². The minimum Gasteiger partial charge on any atom is -0.465 e. The molecule has 1 N–H and O–H groups in total. The first-order valence-electron chi connectivity index (χ1n) is 6.10. The van der Waals surface area contributed by atoms with Crippen LogP contribution >= 0.6 is 0 Å². The summed E-state index contributed by atoms with van der Waals surface area (Å²) in [5.74, 6) is -0.328. The number of benzene rings is 1. The van der Waals surface area contributed by atoms with Crippen LogP contribution in [0.3, 0.4) is 0 Å². The molecule has 0 aliphatic heterocycles. The molecule has 0 radical (unpaired) electrons. The molecule has 0 aromatic heterocycles. The zero-order valence-corrected chi connectivity index (χ0v) is 11.3. The number of carbonyl (C=O) groups excluding carboxylic acids is 1. The van der Waals surface area contributed by atoms with E-state index < -0.39 is 11.0 Å². The molecular formula is C13H18N2O4. The molecule has 1 aromatic rings. The van der Waals surface area contributed by atoms with Gasteiger partial charge in [-0.3, -0.25) is 14.9 Å². The van der Waals surface area contributed by atoms with E-state index in [9.17, 15) is 14.9 Å². The summed E-state index contributed by atoms with van der Waals surface area (Å²) < 4.78 is 4.87. The summed E-state index contributed by atoms with van der Waals surface area (Å²) >= 11 is 0. The van der Waals surface area contributed by atoms with Crippen LogP contribution in [0, 0.1) is 17.0 Å². The van der Waals surface area contributed by atoms with Gasteiger partial charge in [0.1, 0.15) is 6.04 Å². The van der Waals surface area contributed by atoms with Gasteiger partial charge in [0.2, 0.25) is 0 Å². The molecule has 0 saturated heterocycles. The lowest BCUT2D eigenvalue weighted by atomic mass is 10.1. The fourth-order valence-electron chi connectivity index (χ4n) is 1.67. The lowest BCUT2D eigenvalue weighted by molar-refractivity contribution is -0.385. The smallest absolute Gasteiger partial charge is 0.322 e. The van der Waals surface area contributed by atoms with E-state index in [4.69, 9.17) is 4.74 Å². The van der Waals surface area contributed by atoms with E-state index in [1.165, 1.54) is 6.07 Å². The molecule has 1 rings (SSSR count). The van der Waals surface area contributed by atoms with Gasteiger partial charge in [0.25, 0.3) is 5.69 Å². The van der Waals surface area contributed by atoms with Crippen LogP contribution in [0.5, 0.6) is 0 Å². The Morgan fingerprint density at radius 2 is 2.21 bits per heavy atom. The molecule has 0 aliphatic rings. The van der Waals surface area contributed by atoms with E-state index >= 15 is 0 Å². The molecule has 0 bridgehead atoms. The van der Waals surface area contributed by atoms with Crippen LogP contribution in [0.4, 0.5) is 5.69 Å². The number of nitro groups is 1. The van der Waals surface area contributed by atoms with Crippen molar-refractivity contribution < 1.29 is 14.5 Å². The second-order valence-electron chi connectivity index (χ2n) is 4.17. The molecule has 6 nitrogen and oxygen atoms in total. The fourth-order valence-corrected chi connectivity index (χ4v) is 1.67. The van der Waals surface area contributed by atoms with Crippen molar-refractivity contribution in [1.82, 2.24) is 5.32 Å². The van der Waals surface area contributed by atoms with Gasteiger partial charge in [-0.15, -0.1) is 0 Å². The fraction of sp³-hybridized carbons (Fsp3) is 0.462. The molecule has 0 fully saturated rings. The lowest BCUT2D eigenvalue weighted by Gasteiger charge is -2.13. The van der Waals surface area contributed by atoms with Crippen LogP contribution < -0.4 is 5.32 Å². The molecule has 6 heteroatoms. The minimum absolute atomic E-state index is 0.0862. The molecule has 0 spiro atoms. The first kappa shape index (κ1) is 15.1. The van der Waals surface area contributed by atoms with Crippen molar-refractivity contribution in [3.05, 3.63) is 39.4 Å². The Balaban J connectivity index is 2.71. The number of nitro benzene ring substituents is 1. The molecule has 0 saturated carbocycles. The summed E-state index contributed by atoms with van der Waals surface area (Å²) in [4.78, 5) is 21.8. The summed E-state index contributed by atoms with van der Waals surface area (Å²) in [7, 11) is 0. The zero-order valence-electron chi connectivity index (χ0n) is 11.3. The Kier molecular flexibility index (Phi) is 5.44. The number of nitrogens with zero attached hydrogens (tertiary/aromatic N) is 1. The maximum atomic E-state index is 11.4. The highest BCUT2D eigenvalue weighted by molar-refractivity contribution is 5.75. The molecule has 0 unspecified atom stereocenters. The van der Waals surface area contributed by atoms with Crippen molar-refractivity contribution in [2.45, 2.75) is 33.4 Å². The average molecular weight is 266 g/mol. The Hall–Kier alpha value is -1.95. The predicted molar refractivity (Wildman–Crippen MR) is 70.8 cm³/mol. The van der Waals surface area contributed by atoms with Crippen LogP contribution in [0.25, 0.3) is 0 Å². The summed E-state index contributed by atoms with van der Waals surface area (Å²) in [6, 6.07) is 4.46.